The summed E-state index contributed by atoms with van der Waals surface area (Å²) in [5.41, 5.74) is 4.36. The second kappa shape index (κ2) is 10.1. The van der Waals surface area contributed by atoms with Gasteiger partial charge in [0.25, 0.3) is 0 Å². The maximum absolute atomic E-state index is 14.0. The van der Waals surface area contributed by atoms with Gasteiger partial charge in [0.2, 0.25) is 0 Å². The van der Waals surface area contributed by atoms with Gasteiger partial charge in [0.1, 0.15) is 12.4 Å². The van der Waals surface area contributed by atoms with Crippen LogP contribution < -0.4 is 9.84 Å². The third kappa shape index (κ3) is 5.46. The SMILES string of the molecule is CC1(C)CC(=O)C2=C(C1)N(Cc1ccccc1)C1=C(C(=O)CC(C)(C)C1)C2c1cc(Br)ccc1OCC(=O)[O-]. The van der Waals surface area contributed by atoms with Crippen LogP contribution in [0.4, 0.5) is 0 Å². The molecule has 2 aromatic carbocycles. The summed E-state index contributed by atoms with van der Waals surface area (Å²) >= 11 is 3.54. The van der Waals surface area contributed by atoms with E-state index in [2.05, 4.69) is 60.7 Å². The Kier molecular flexibility index (Phi) is 7.08. The number of hydrogen-bond acceptors (Lipinski definition) is 6. The van der Waals surface area contributed by atoms with Gasteiger partial charge in [0, 0.05) is 57.9 Å². The first-order chi connectivity index (χ1) is 18.3. The van der Waals surface area contributed by atoms with Gasteiger partial charge in [-0.3, -0.25) is 9.59 Å². The molecule has 2 aromatic rings. The Morgan fingerprint density at radius 1 is 0.923 bits per heavy atom. The number of allylic oxidation sites excluding steroid dienone is 4. The molecule has 0 saturated carbocycles. The monoisotopic (exact) mass is 590 g/mol. The number of ketones is 2. The summed E-state index contributed by atoms with van der Waals surface area (Å²) in [6.45, 7) is 8.37. The van der Waals surface area contributed by atoms with E-state index in [4.69, 9.17) is 4.74 Å². The third-order valence-corrected chi connectivity index (χ3v) is 8.33. The van der Waals surface area contributed by atoms with Gasteiger partial charge in [-0.05, 0) is 47.4 Å². The van der Waals surface area contributed by atoms with Gasteiger partial charge in [-0.2, -0.15) is 0 Å². The van der Waals surface area contributed by atoms with Crippen LogP contribution in [0.5, 0.6) is 5.75 Å². The molecule has 0 N–H and O–H groups in total. The lowest BCUT2D eigenvalue weighted by molar-refractivity contribution is -0.307. The van der Waals surface area contributed by atoms with Crippen LogP contribution in [0, 0.1) is 10.8 Å². The molecule has 0 aromatic heterocycles. The molecule has 0 saturated heterocycles. The Balaban J connectivity index is 1.78. The molecule has 6 nitrogen and oxygen atoms in total. The molecule has 0 spiro atoms. The molecule has 0 amide bonds. The summed E-state index contributed by atoms with van der Waals surface area (Å²) in [5.74, 6) is -1.62. The van der Waals surface area contributed by atoms with Gasteiger partial charge in [-0.25, -0.2) is 0 Å². The highest BCUT2D eigenvalue weighted by molar-refractivity contribution is 9.10. The lowest BCUT2D eigenvalue weighted by Crippen LogP contribution is -2.44. The van der Waals surface area contributed by atoms with Crippen LogP contribution in [0.3, 0.4) is 0 Å². The van der Waals surface area contributed by atoms with Crippen LogP contribution in [-0.2, 0) is 20.9 Å². The van der Waals surface area contributed by atoms with E-state index < -0.39 is 18.5 Å². The average molecular weight is 592 g/mol. The van der Waals surface area contributed by atoms with Crippen molar-refractivity contribution in [1.82, 2.24) is 4.90 Å². The molecule has 0 fully saturated rings. The van der Waals surface area contributed by atoms with Crippen molar-refractivity contribution in [1.29, 1.82) is 0 Å². The van der Waals surface area contributed by atoms with E-state index >= 15 is 0 Å². The Hall–Kier alpha value is -3.19. The van der Waals surface area contributed by atoms with Crippen molar-refractivity contribution in [3.05, 3.63) is 86.7 Å². The molecule has 39 heavy (non-hydrogen) atoms. The highest BCUT2D eigenvalue weighted by atomic mass is 79.9. The van der Waals surface area contributed by atoms with Crippen LogP contribution in [0.25, 0.3) is 0 Å². The Bertz CT molecular complexity index is 1370. The number of halogens is 1. The summed E-state index contributed by atoms with van der Waals surface area (Å²) in [4.78, 5) is 41.5. The number of rotatable bonds is 6. The average Bonchev–Trinajstić information content (AvgIpc) is 2.83. The molecular formula is C32H33BrNO5-. The van der Waals surface area contributed by atoms with E-state index in [-0.39, 0.29) is 22.4 Å². The first-order valence-corrected chi connectivity index (χ1v) is 14.1. The van der Waals surface area contributed by atoms with E-state index in [1.54, 1.807) is 12.1 Å². The molecule has 1 aliphatic heterocycles. The van der Waals surface area contributed by atoms with E-state index in [0.29, 0.717) is 54.7 Å². The van der Waals surface area contributed by atoms with E-state index in [0.717, 1.165) is 21.4 Å². The number of carbonyl (C=O) groups excluding carboxylic acids is 3. The zero-order valence-corrected chi connectivity index (χ0v) is 24.4. The second-order valence-electron chi connectivity index (χ2n) is 12.5. The number of Topliss-reactive ketones (excluding diaryl/α,β-unsaturated/α-hetero) is 2. The summed E-state index contributed by atoms with van der Waals surface area (Å²) in [7, 11) is 0. The number of hydrogen-bond donors (Lipinski definition) is 0. The Labute approximate surface area is 237 Å². The second-order valence-corrected chi connectivity index (χ2v) is 13.4. The number of carboxylic acid groups (broad SMARTS) is 1. The highest BCUT2D eigenvalue weighted by Crippen LogP contribution is 2.56. The third-order valence-electron chi connectivity index (χ3n) is 7.83. The molecule has 2 aliphatic carbocycles. The fraction of sp³-hybridized carbons (Fsp3) is 0.406. The lowest BCUT2D eigenvalue weighted by atomic mass is 9.63. The first-order valence-electron chi connectivity index (χ1n) is 13.3. The fourth-order valence-corrected chi connectivity index (χ4v) is 6.71. The summed E-state index contributed by atoms with van der Waals surface area (Å²) in [5, 5.41) is 11.3. The van der Waals surface area contributed by atoms with Crippen LogP contribution in [0.1, 0.15) is 70.4 Å². The number of carbonyl (C=O) groups is 3. The van der Waals surface area contributed by atoms with Crippen molar-refractivity contribution >= 4 is 33.5 Å². The maximum Gasteiger partial charge on any atom is 0.162 e. The van der Waals surface area contributed by atoms with Crippen molar-refractivity contribution in [2.45, 2.75) is 65.8 Å². The van der Waals surface area contributed by atoms with E-state index in [1.165, 1.54) is 0 Å². The van der Waals surface area contributed by atoms with Gasteiger partial charge in [-0.1, -0.05) is 74.0 Å². The topological polar surface area (TPSA) is 86.7 Å². The Morgan fingerprint density at radius 3 is 2.03 bits per heavy atom. The van der Waals surface area contributed by atoms with Crippen LogP contribution in [0.15, 0.2) is 75.5 Å². The van der Waals surface area contributed by atoms with Crippen molar-refractivity contribution in [2.75, 3.05) is 6.61 Å². The van der Waals surface area contributed by atoms with Gasteiger partial charge in [-0.15, -0.1) is 0 Å². The Morgan fingerprint density at radius 2 is 1.49 bits per heavy atom. The van der Waals surface area contributed by atoms with E-state index in [1.807, 2.05) is 24.3 Å². The largest absolute Gasteiger partial charge is 0.546 e. The summed E-state index contributed by atoms with van der Waals surface area (Å²) in [6, 6.07) is 15.4. The molecule has 1 heterocycles. The normalized spacial score (nSPS) is 20.6. The number of carboxylic acids is 1. The van der Waals surface area contributed by atoms with Crippen LogP contribution in [-0.4, -0.2) is 29.0 Å². The molecule has 204 valence electrons. The number of aliphatic carboxylic acids is 1. The molecular weight excluding hydrogens is 558 g/mol. The summed E-state index contributed by atoms with van der Waals surface area (Å²) < 4.78 is 6.43. The number of nitrogens with zero attached hydrogens (tertiary/aromatic N) is 1. The van der Waals surface area contributed by atoms with Gasteiger partial charge < -0.3 is 19.5 Å². The van der Waals surface area contributed by atoms with Gasteiger partial charge in [0.15, 0.2) is 11.6 Å². The van der Waals surface area contributed by atoms with Crippen molar-refractivity contribution in [3.8, 4) is 5.75 Å². The van der Waals surface area contributed by atoms with Gasteiger partial charge in [0.05, 0.1) is 5.97 Å². The molecule has 0 radical (unpaired) electrons. The van der Waals surface area contributed by atoms with E-state index in [9.17, 15) is 19.5 Å². The van der Waals surface area contributed by atoms with Crippen molar-refractivity contribution in [2.24, 2.45) is 10.8 Å². The molecule has 7 heteroatoms. The highest BCUT2D eigenvalue weighted by Gasteiger charge is 2.49. The standard InChI is InChI=1S/C32H34BrNO5/c1-31(2)13-22-29(24(35)15-31)28(21-12-20(33)10-11-26(21)39-18-27(37)38)30-23(14-32(3,4)16-25(30)36)34(22)17-19-8-6-5-7-9-19/h5-12,28H,13-18H2,1-4H3,(H,37,38)/p-1. The minimum atomic E-state index is -1.34. The first kappa shape index (κ1) is 27.4. The smallest absolute Gasteiger partial charge is 0.162 e. The van der Waals surface area contributed by atoms with Crippen molar-refractivity contribution in [3.63, 3.8) is 0 Å². The summed E-state index contributed by atoms with van der Waals surface area (Å²) in [6.07, 6.45) is 2.11. The van der Waals surface area contributed by atoms with Crippen LogP contribution in [0.2, 0.25) is 0 Å². The predicted molar refractivity (Wildman–Crippen MR) is 149 cm³/mol. The van der Waals surface area contributed by atoms with Crippen molar-refractivity contribution < 1.29 is 24.2 Å². The number of benzene rings is 2. The molecule has 0 bridgehead atoms. The zero-order chi connectivity index (χ0) is 28.1. The quantitative estimate of drug-likeness (QED) is 0.444. The number of ether oxygens (including phenoxy) is 1. The minimum absolute atomic E-state index is 0.0133. The molecule has 0 unspecified atom stereocenters. The predicted octanol–water partition coefficient (Wildman–Crippen LogP) is 5.46. The van der Waals surface area contributed by atoms with Crippen LogP contribution >= 0.6 is 15.9 Å². The molecule has 5 rings (SSSR count). The molecule has 0 atom stereocenters. The zero-order valence-electron chi connectivity index (χ0n) is 22.8. The minimum Gasteiger partial charge on any atom is -0.546 e. The maximum atomic E-state index is 14.0. The van der Waals surface area contributed by atoms with Gasteiger partial charge >= 0.3 is 0 Å². The lowest BCUT2D eigenvalue weighted by Gasteiger charge is -2.49. The fourth-order valence-electron chi connectivity index (χ4n) is 6.33. The molecule has 3 aliphatic rings.